The molecule has 0 aliphatic rings. The van der Waals surface area contributed by atoms with Gasteiger partial charge in [-0.3, -0.25) is 4.79 Å². The summed E-state index contributed by atoms with van der Waals surface area (Å²) in [6.07, 6.45) is 0.592. The topological polar surface area (TPSA) is 73.9 Å². The van der Waals surface area contributed by atoms with Gasteiger partial charge in [0.25, 0.3) is 5.91 Å². The number of carbonyl (C=O) groups excluding carboxylic acids is 2. The van der Waals surface area contributed by atoms with Crippen LogP contribution in [0.3, 0.4) is 0 Å². The fourth-order valence-corrected chi connectivity index (χ4v) is 2.84. The largest absolute Gasteiger partial charge is 0.493 e. The molecule has 0 radical (unpaired) electrons. The van der Waals surface area contributed by atoms with Gasteiger partial charge in [0.05, 0.1) is 13.2 Å². The number of carbonyl (C=O) groups is 2. The first-order chi connectivity index (χ1) is 12.3. The fourth-order valence-electron chi connectivity index (χ4n) is 2.84. The van der Waals surface area contributed by atoms with Crippen molar-refractivity contribution in [1.29, 1.82) is 0 Å². The van der Waals surface area contributed by atoms with Crippen molar-refractivity contribution >= 4 is 17.6 Å². The van der Waals surface area contributed by atoms with Crippen molar-refractivity contribution in [1.82, 2.24) is 0 Å². The predicted octanol–water partition coefficient (Wildman–Crippen LogP) is 4.04. The van der Waals surface area contributed by atoms with Gasteiger partial charge in [-0.2, -0.15) is 0 Å². The molecule has 26 heavy (non-hydrogen) atoms. The Morgan fingerprint density at radius 1 is 1.12 bits per heavy atom. The second-order valence-electron chi connectivity index (χ2n) is 6.58. The molecule has 6 heteroatoms. The maximum absolute atomic E-state index is 12.8. The van der Waals surface area contributed by atoms with E-state index in [0.29, 0.717) is 37.0 Å². The highest BCUT2D eigenvalue weighted by Gasteiger charge is 2.34. The number of ether oxygens (including phenoxy) is 3. The van der Waals surface area contributed by atoms with Crippen LogP contribution in [-0.4, -0.2) is 37.3 Å². The predicted molar refractivity (Wildman–Crippen MR) is 102 cm³/mol. The maximum atomic E-state index is 12.8. The van der Waals surface area contributed by atoms with Gasteiger partial charge in [-0.25, -0.2) is 4.79 Å². The summed E-state index contributed by atoms with van der Waals surface area (Å²) in [5.74, 6) is 0.000223. The van der Waals surface area contributed by atoms with Crippen molar-refractivity contribution in [3.63, 3.8) is 0 Å². The Morgan fingerprint density at radius 2 is 1.81 bits per heavy atom. The number of hydrogen-bond donors (Lipinski definition) is 1. The van der Waals surface area contributed by atoms with Crippen LogP contribution in [0.15, 0.2) is 18.2 Å². The summed E-state index contributed by atoms with van der Waals surface area (Å²) in [7, 11) is 0. The summed E-state index contributed by atoms with van der Waals surface area (Å²) in [6.45, 7) is 12.4. The number of anilines is 1. The second kappa shape index (κ2) is 10.2. The molecule has 6 nitrogen and oxygen atoms in total. The Kier molecular flexibility index (Phi) is 8.58. The molecule has 146 valence electrons. The van der Waals surface area contributed by atoms with Crippen molar-refractivity contribution in [2.24, 2.45) is 5.92 Å². The van der Waals surface area contributed by atoms with E-state index < -0.39 is 11.6 Å². The summed E-state index contributed by atoms with van der Waals surface area (Å²) >= 11 is 0. The van der Waals surface area contributed by atoms with Crippen molar-refractivity contribution in [3.05, 3.63) is 23.8 Å². The quantitative estimate of drug-likeness (QED) is 0.633. The third kappa shape index (κ3) is 6.02. The Bertz CT molecular complexity index is 614. The summed E-state index contributed by atoms with van der Waals surface area (Å²) in [4.78, 5) is 25.0. The first kappa shape index (κ1) is 22.0. The van der Waals surface area contributed by atoms with Gasteiger partial charge < -0.3 is 19.5 Å². The molecule has 1 amide bonds. The van der Waals surface area contributed by atoms with E-state index in [9.17, 15) is 9.59 Å². The Hall–Kier alpha value is -2.08. The lowest BCUT2D eigenvalue weighted by atomic mass is 9.93. The van der Waals surface area contributed by atoms with Crippen LogP contribution in [0.2, 0.25) is 0 Å². The zero-order chi connectivity index (χ0) is 19.7. The van der Waals surface area contributed by atoms with Gasteiger partial charge in [0.2, 0.25) is 0 Å². The molecule has 0 saturated heterocycles. The third-order valence-corrected chi connectivity index (χ3v) is 3.77. The van der Waals surface area contributed by atoms with Crippen molar-refractivity contribution in [2.45, 2.75) is 53.6 Å². The average Bonchev–Trinajstić information content (AvgIpc) is 2.56. The zero-order valence-electron chi connectivity index (χ0n) is 16.7. The van der Waals surface area contributed by atoms with E-state index in [1.165, 1.54) is 0 Å². The Balaban J connectivity index is 3.09. The van der Waals surface area contributed by atoms with Crippen LogP contribution in [0.4, 0.5) is 5.69 Å². The SMILES string of the molecule is CCOC(=O)c1cc(NC(=O)[C@](C)(CC(C)C)OCC)ccc1OCC. The molecule has 0 aromatic heterocycles. The molecule has 0 aliphatic heterocycles. The highest BCUT2D eigenvalue weighted by atomic mass is 16.5. The van der Waals surface area contributed by atoms with E-state index in [0.717, 1.165) is 0 Å². The summed E-state index contributed by atoms with van der Waals surface area (Å²) < 4.78 is 16.3. The molecule has 1 rings (SSSR count). The number of hydrogen-bond acceptors (Lipinski definition) is 5. The number of benzene rings is 1. The normalized spacial score (nSPS) is 13.2. The smallest absolute Gasteiger partial charge is 0.341 e. The number of amides is 1. The van der Waals surface area contributed by atoms with Crippen molar-refractivity contribution in [2.75, 3.05) is 25.1 Å². The molecule has 1 atom stereocenters. The molecule has 0 aliphatic carbocycles. The van der Waals surface area contributed by atoms with Crippen LogP contribution in [-0.2, 0) is 14.3 Å². The highest BCUT2D eigenvalue weighted by molar-refractivity contribution is 5.99. The first-order valence-electron chi connectivity index (χ1n) is 9.16. The molecule has 1 aromatic carbocycles. The molecule has 0 unspecified atom stereocenters. The molecular formula is C20H31NO5. The van der Waals surface area contributed by atoms with E-state index in [4.69, 9.17) is 14.2 Å². The fraction of sp³-hybridized carbons (Fsp3) is 0.600. The minimum atomic E-state index is -0.939. The standard InChI is InChI=1S/C20H31NO5/c1-7-24-17-11-10-15(12-16(17)18(22)25-8-2)21-19(23)20(6,26-9-3)13-14(4)5/h10-12,14H,7-9,13H2,1-6H3,(H,21,23)/t20-/m0/s1. The maximum Gasteiger partial charge on any atom is 0.341 e. The summed E-state index contributed by atoms with van der Waals surface area (Å²) in [5, 5.41) is 2.85. The van der Waals surface area contributed by atoms with Crippen molar-refractivity contribution in [3.8, 4) is 5.75 Å². The van der Waals surface area contributed by atoms with Gasteiger partial charge in [0.1, 0.15) is 16.9 Å². The molecule has 1 aromatic rings. The second-order valence-corrected chi connectivity index (χ2v) is 6.58. The van der Waals surface area contributed by atoms with Gasteiger partial charge in [-0.1, -0.05) is 13.8 Å². The first-order valence-corrected chi connectivity index (χ1v) is 9.16. The molecule has 0 spiro atoms. The Labute approximate surface area is 156 Å². The minimum Gasteiger partial charge on any atom is -0.493 e. The lowest BCUT2D eigenvalue weighted by Gasteiger charge is -2.30. The summed E-state index contributed by atoms with van der Waals surface area (Å²) in [5.41, 5.74) is -0.157. The van der Waals surface area contributed by atoms with Crippen LogP contribution in [0.25, 0.3) is 0 Å². The van der Waals surface area contributed by atoms with Crippen LogP contribution < -0.4 is 10.1 Å². The molecule has 0 saturated carbocycles. The molecule has 0 fully saturated rings. The van der Waals surface area contributed by atoms with Crippen LogP contribution in [0.5, 0.6) is 5.75 Å². The number of rotatable bonds is 10. The zero-order valence-corrected chi connectivity index (χ0v) is 16.7. The highest BCUT2D eigenvalue weighted by Crippen LogP contribution is 2.27. The van der Waals surface area contributed by atoms with Gasteiger partial charge >= 0.3 is 5.97 Å². The molecular weight excluding hydrogens is 334 g/mol. The van der Waals surface area contributed by atoms with Crippen LogP contribution >= 0.6 is 0 Å². The number of esters is 1. The monoisotopic (exact) mass is 365 g/mol. The van der Waals surface area contributed by atoms with Crippen molar-refractivity contribution < 1.29 is 23.8 Å². The van der Waals surface area contributed by atoms with E-state index >= 15 is 0 Å². The molecule has 0 heterocycles. The van der Waals surface area contributed by atoms with Gasteiger partial charge in [-0.05, 0) is 58.2 Å². The minimum absolute atomic E-state index is 0.244. The third-order valence-electron chi connectivity index (χ3n) is 3.77. The van der Waals surface area contributed by atoms with Crippen LogP contribution in [0.1, 0.15) is 58.3 Å². The van der Waals surface area contributed by atoms with E-state index in [-0.39, 0.29) is 18.1 Å². The average molecular weight is 365 g/mol. The lowest BCUT2D eigenvalue weighted by molar-refractivity contribution is -0.140. The van der Waals surface area contributed by atoms with E-state index in [1.54, 1.807) is 32.0 Å². The Morgan fingerprint density at radius 3 is 2.35 bits per heavy atom. The van der Waals surface area contributed by atoms with Crippen LogP contribution in [0, 0.1) is 5.92 Å². The van der Waals surface area contributed by atoms with E-state index in [1.807, 2.05) is 27.7 Å². The van der Waals surface area contributed by atoms with Gasteiger partial charge in [0, 0.05) is 12.3 Å². The lowest BCUT2D eigenvalue weighted by Crippen LogP contribution is -2.44. The molecule has 0 bridgehead atoms. The van der Waals surface area contributed by atoms with Gasteiger partial charge in [-0.15, -0.1) is 0 Å². The van der Waals surface area contributed by atoms with E-state index in [2.05, 4.69) is 5.32 Å². The van der Waals surface area contributed by atoms with Gasteiger partial charge in [0.15, 0.2) is 0 Å². The number of nitrogens with one attached hydrogen (secondary N) is 1. The molecule has 1 N–H and O–H groups in total. The summed E-state index contributed by atoms with van der Waals surface area (Å²) in [6, 6.07) is 4.93.